The van der Waals surface area contributed by atoms with E-state index in [0.717, 1.165) is 32.5 Å². The normalized spacial score (nSPS) is 11.1. The van der Waals surface area contributed by atoms with Gasteiger partial charge in [-0.05, 0) is 65.9 Å². The van der Waals surface area contributed by atoms with Crippen molar-refractivity contribution in [2.24, 2.45) is 7.05 Å². The molecular formula is C22H18N2O2S. The lowest BCUT2D eigenvalue weighted by molar-refractivity contribution is 0.909. The second-order valence-electron chi connectivity index (χ2n) is 6.63. The highest BCUT2D eigenvalue weighted by atomic mass is 32.1. The summed E-state index contributed by atoms with van der Waals surface area (Å²) in [6.45, 7) is 1.99. The van der Waals surface area contributed by atoms with E-state index in [1.807, 2.05) is 49.4 Å². The van der Waals surface area contributed by atoms with Crippen LogP contribution in [0.3, 0.4) is 0 Å². The van der Waals surface area contributed by atoms with Crippen molar-refractivity contribution in [1.82, 2.24) is 9.55 Å². The average molecular weight is 374 g/mol. The highest BCUT2D eigenvalue weighted by Crippen LogP contribution is 2.29. The predicted octanol–water partition coefficient (Wildman–Crippen LogP) is 4.16. The van der Waals surface area contributed by atoms with Crippen LogP contribution in [0.4, 0.5) is 0 Å². The van der Waals surface area contributed by atoms with E-state index in [4.69, 9.17) is 0 Å². The molecule has 5 heteroatoms. The van der Waals surface area contributed by atoms with Gasteiger partial charge in [-0.2, -0.15) is 0 Å². The van der Waals surface area contributed by atoms with Crippen molar-refractivity contribution >= 4 is 23.5 Å². The molecule has 0 aliphatic rings. The van der Waals surface area contributed by atoms with E-state index in [1.165, 1.54) is 0 Å². The van der Waals surface area contributed by atoms with Crippen molar-refractivity contribution in [1.29, 1.82) is 0 Å². The topological polar surface area (TPSA) is 54.9 Å². The Morgan fingerprint density at radius 1 is 0.926 bits per heavy atom. The van der Waals surface area contributed by atoms with Gasteiger partial charge in [0.15, 0.2) is 0 Å². The third-order valence-electron chi connectivity index (χ3n) is 4.74. The van der Waals surface area contributed by atoms with Gasteiger partial charge in [-0.1, -0.05) is 12.1 Å². The number of benzene rings is 2. The van der Waals surface area contributed by atoms with Gasteiger partial charge in [0.1, 0.15) is 0 Å². The molecule has 0 fully saturated rings. The minimum absolute atomic E-state index is 0.105. The Hall–Kier alpha value is -3.05. The summed E-state index contributed by atoms with van der Waals surface area (Å²) in [7, 11) is 1.75. The quantitative estimate of drug-likeness (QED) is 0.518. The molecule has 4 aromatic rings. The number of fused-ring (bicyclic) bond motifs is 1. The number of H-pyrrole nitrogens is 1. The summed E-state index contributed by atoms with van der Waals surface area (Å²) in [5.74, 6) is 0. The smallest absolute Gasteiger partial charge is 0.258 e. The van der Waals surface area contributed by atoms with E-state index in [1.54, 1.807) is 29.9 Å². The third kappa shape index (κ3) is 3.00. The number of hydrogen-bond donors (Lipinski definition) is 2. The van der Waals surface area contributed by atoms with Gasteiger partial charge < -0.3 is 9.55 Å². The fourth-order valence-electron chi connectivity index (χ4n) is 3.48. The molecular weight excluding hydrogens is 356 g/mol. The number of aromatic nitrogens is 2. The first-order chi connectivity index (χ1) is 13.0. The van der Waals surface area contributed by atoms with E-state index in [0.29, 0.717) is 11.1 Å². The van der Waals surface area contributed by atoms with Crippen molar-refractivity contribution in [3.05, 3.63) is 87.1 Å². The first-order valence-electron chi connectivity index (χ1n) is 8.57. The molecule has 0 unspecified atom stereocenters. The molecule has 0 aliphatic carbocycles. The molecule has 0 atom stereocenters. The second-order valence-corrected chi connectivity index (χ2v) is 7.15. The summed E-state index contributed by atoms with van der Waals surface area (Å²) >= 11 is 4.31. The third-order valence-corrected chi connectivity index (χ3v) is 5.04. The molecule has 0 aliphatic heterocycles. The Kier molecular flexibility index (Phi) is 4.24. The molecule has 0 bridgehead atoms. The van der Waals surface area contributed by atoms with Gasteiger partial charge in [0.05, 0.1) is 5.52 Å². The lowest BCUT2D eigenvalue weighted by Gasteiger charge is -2.14. The van der Waals surface area contributed by atoms with E-state index < -0.39 is 0 Å². The molecule has 0 saturated carbocycles. The van der Waals surface area contributed by atoms with Crippen LogP contribution in [0.25, 0.3) is 33.2 Å². The molecule has 0 amide bonds. The Morgan fingerprint density at radius 2 is 1.67 bits per heavy atom. The van der Waals surface area contributed by atoms with Crippen molar-refractivity contribution in [3.8, 4) is 22.3 Å². The molecule has 27 heavy (non-hydrogen) atoms. The van der Waals surface area contributed by atoms with Crippen LogP contribution in [0, 0.1) is 6.92 Å². The number of nitrogens with zero attached hydrogens (tertiary/aromatic N) is 1. The van der Waals surface area contributed by atoms with Gasteiger partial charge in [0.2, 0.25) is 0 Å². The summed E-state index contributed by atoms with van der Waals surface area (Å²) < 4.78 is 1.63. The van der Waals surface area contributed by atoms with Crippen LogP contribution in [0.5, 0.6) is 0 Å². The van der Waals surface area contributed by atoms with Gasteiger partial charge in [0, 0.05) is 34.8 Å². The van der Waals surface area contributed by atoms with Crippen LogP contribution >= 0.6 is 12.6 Å². The minimum Gasteiger partial charge on any atom is -0.329 e. The molecule has 0 saturated heterocycles. The number of rotatable bonds is 2. The molecule has 0 spiro atoms. The van der Waals surface area contributed by atoms with E-state index in [9.17, 15) is 9.59 Å². The van der Waals surface area contributed by atoms with Crippen molar-refractivity contribution in [2.45, 2.75) is 11.8 Å². The molecule has 134 valence electrons. The standard InChI is InChI=1S/C22H18N2O2S/c1-13-10-15-12-18(14-5-7-16(27)8-6-14)22(26)24(2)20(15)19(11-13)17-4-3-9-23-21(17)25/h3-12,27H,1-2H3,(H,23,25). The fraction of sp³-hybridized carbons (Fsp3) is 0.0909. The van der Waals surface area contributed by atoms with Gasteiger partial charge in [-0.25, -0.2) is 0 Å². The van der Waals surface area contributed by atoms with Gasteiger partial charge in [-0.3, -0.25) is 9.59 Å². The van der Waals surface area contributed by atoms with E-state index in [2.05, 4.69) is 17.6 Å². The van der Waals surface area contributed by atoms with Gasteiger partial charge in [-0.15, -0.1) is 12.6 Å². The zero-order valence-electron chi connectivity index (χ0n) is 15.0. The highest BCUT2D eigenvalue weighted by molar-refractivity contribution is 7.80. The van der Waals surface area contributed by atoms with Crippen LogP contribution in [0.1, 0.15) is 5.56 Å². The fourth-order valence-corrected chi connectivity index (χ4v) is 3.63. The summed E-state index contributed by atoms with van der Waals surface area (Å²) in [5.41, 5.74) is 4.26. The lowest BCUT2D eigenvalue weighted by atomic mass is 9.97. The Morgan fingerprint density at radius 3 is 2.37 bits per heavy atom. The van der Waals surface area contributed by atoms with Crippen LogP contribution in [-0.4, -0.2) is 9.55 Å². The predicted molar refractivity (Wildman–Crippen MR) is 113 cm³/mol. The zero-order valence-corrected chi connectivity index (χ0v) is 15.9. The van der Waals surface area contributed by atoms with Crippen LogP contribution in [0.2, 0.25) is 0 Å². The first-order valence-corrected chi connectivity index (χ1v) is 9.02. The number of thiol groups is 1. The average Bonchev–Trinajstić information content (AvgIpc) is 2.65. The molecule has 1 N–H and O–H groups in total. The summed E-state index contributed by atoms with van der Waals surface area (Å²) in [5, 5.41) is 0.917. The van der Waals surface area contributed by atoms with E-state index >= 15 is 0 Å². The zero-order chi connectivity index (χ0) is 19.1. The Balaban J connectivity index is 2.09. The van der Waals surface area contributed by atoms with Crippen molar-refractivity contribution < 1.29 is 0 Å². The second kappa shape index (κ2) is 6.59. The SMILES string of the molecule is Cc1cc(-c2ccc[nH]c2=O)c2c(c1)cc(-c1ccc(S)cc1)c(=O)n2C. The number of nitrogens with one attached hydrogen (secondary N) is 1. The molecule has 2 heterocycles. The minimum atomic E-state index is -0.176. The highest BCUT2D eigenvalue weighted by Gasteiger charge is 2.15. The molecule has 0 radical (unpaired) electrons. The summed E-state index contributed by atoms with van der Waals surface area (Å²) in [4.78, 5) is 29.0. The first kappa shape index (κ1) is 17.4. The summed E-state index contributed by atoms with van der Waals surface area (Å²) in [6, 6.07) is 17.0. The maximum Gasteiger partial charge on any atom is 0.258 e. The monoisotopic (exact) mass is 374 g/mol. The maximum atomic E-state index is 13.1. The Labute approximate surface area is 161 Å². The number of aryl methyl sites for hydroxylation is 2. The van der Waals surface area contributed by atoms with Crippen molar-refractivity contribution in [2.75, 3.05) is 0 Å². The largest absolute Gasteiger partial charge is 0.329 e. The number of hydrogen-bond acceptors (Lipinski definition) is 3. The van der Waals surface area contributed by atoms with Crippen LogP contribution in [-0.2, 0) is 7.05 Å². The molecule has 4 nitrogen and oxygen atoms in total. The van der Waals surface area contributed by atoms with Gasteiger partial charge >= 0.3 is 0 Å². The van der Waals surface area contributed by atoms with Crippen LogP contribution < -0.4 is 11.1 Å². The number of pyridine rings is 2. The van der Waals surface area contributed by atoms with E-state index in [-0.39, 0.29) is 11.1 Å². The van der Waals surface area contributed by atoms with Gasteiger partial charge in [0.25, 0.3) is 11.1 Å². The Bertz CT molecular complexity index is 1280. The maximum absolute atomic E-state index is 13.1. The molecule has 2 aromatic heterocycles. The summed E-state index contributed by atoms with van der Waals surface area (Å²) in [6.07, 6.45) is 1.60. The van der Waals surface area contributed by atoms with Crippen molar-refractivity contribution in [3.63, 3.8) is 0 Å². The molecule has 2 aromatic carbocycles. The lowest BCUT2D eigenvalue weighted by Crippen LogP contribution is -2.20. The van der Waals surface area contributed by atoms with Crippen LogP contribution in [0.15, 0.2) is 75.3 Å². The molecule has 4 rings (SSSR count). The number of aromatic amines is 1.